The molecule has 0 spiro atoms. The molecule has 0 unspecified atom stereocenters. The Kier molecular flexibility index (Phi) is 41.2. The van der Waals surface area contributed by atoms with Crippen molar-refractivity contribution in [3.05, 3.63) is 0 Å². The summed E-state index contributed by atoms with van der Waals surface area (Å²) in [5.74, 6) is 0. The molecule has 0 aromatic rings. The van der Waals surface area contributed by atoms with Crippen molar-refractivity contribution in [1.29, 1.82) is 0 Å². The molecule has 0 aromatic heterocycles. The summed E-state index contributed by atoms with van der Waals surface area (Å²) < 4.78 is 0. The molecule has 13 heavy (non-hydrogen) atoms. The van der Waals surface area contributed by atoms with Gasteiger partial charge in [-0.3, -0.25) is 0 Å². The molecular weight excluding hydrogens is 208 g/mol. The minimum Gasteiger partial charge on any atom is -0.394 e. The molecule has 0 saturated carbocycles. The molecule has 0 atom stereocenters. The van der Waals surface area contributed by atoms with Gasteiger partial charge < -0.3 is 20.4 Å². The van der Waals surface area contributed by atoms with Gasteiger partial charge in [0.15, 0.2) is 0 Å². The molecule has 0 aliphatic rings. The summed E-state index contributed by atoms with van der Waals surface area (Å²) in [6, 6.07) is 0. The van der Waals surface area contributed by atoms with E-state index < -0.39 is 0 Å². The van der Waals surface area contributed by atoms with E-state index in [1.54, 1.807) is 27.7 Å². The van der Waals surface area contributed by atoms with Gasteiger partial charge in [0.1, 0.15) is 0 Å². The Bertz CT molecular complexity index is 46.6. The van der Waals surface area contributed by atoms with Gasteiger partial charge >= 0.3 is 0 Å². The van der Waals surface area contributed by atoms with Gasteiger partial charge in [0, 0.05) is 33.9 Å². The van der Waals surface area contributed by atoms with Crippen molar-refractivity contribution in [3.8, 4) is 0 Å². The monoisotopic (exact) mass is 230 g/mol. The van der Waals surface area contributed by atoms with Crippen LogP contribution in [0.2, 0.25) is 0 Å². The third-order valence-corrected chi connectivity index (χ3v) is 0.1000. The molecular formula is C8H22O4Ti. The SMILES string of the molecule is CC(C)O.CC(C)O.OCCO.[Ti]. The number of hydrogen-bond donors (Lipinski definition) is 4. The van der Waals surface area contributed by atoms with E-state index in [0.29, 0.717) is 0 Å². The van der Waals surface area contributed by atoms with E-state index in [2.05, 4.69) is 0 Å². The van der Waals surface area contributed by atoms with Crippen molar-refractivity contribution >= 4 is 0 Å². The zero-order chi connectivity index (χ0) is 10.6. The summed E-state index contributed by atoms with van der Waals surface area (Å²) >= 11 is 0. The van der Waals surface area contributed by atoms with E-state index in [0.717, 1.165) is 0 Å². The second kappa shape index (κ2) is 22.9. The van der Waals surface area contributed by atoms with Gasteiger partial charge in [-0.05, 0) is 27.7 Å². The van der Waals surface area contributed by atoms with Crippen molar-refractivity contribution in [2.24, 2.45) is 0 Å². The van der Waals surface area contributed by atoms with Gasteiger partial charge in [-0.2, -0.15) is 0 Å². The Hall–Kier alpha value is 0.554. The first kappa shape index (κ1) is 23.4. The molecule has 0 fully saturated rings. The summed E-state index contributed by atoms with van der Waals surface area (Å²) in [6.07, 6.45) is -0.333. The Balaban J connectivity index is -0.0000000450. The maximum absolute atomic E-state index is 8.06. The largest absolute Gasteiger partial charge is 0.394 e. The minimum atomic E-state index is -0.167. The van der Waals surface area contributed by atoms with Gasteiger partial charge in [-0.15, -0.1) is 0 Å². The Morgan fingerprint density at radius 1 is 0.769 bits per heavy atom. The molecule has 0 heterocycles. The molecule has 4 nitrogen and oxygen atoms in total. The van der Waals surface area contributed by atoms with Crippen LogP contribution in [0, 0.1) is 0 Å². The van der Waals surface area contributed by atoms with Crippen LogP contribution in [-0.4, -0.2) is 45.8 Å². The smallest absolute Gasteiger partial charge is 0.0662 e. The molecule has 0 aromatic carbocycles. The third-order valence-electron chi connectivity index (χ3n) is 0.1000. The maximum atomic E-state index is 8.06. The maximum Gasteiger partial charge on any atom is 0.0662 e. The van der Waals surface area contributed by atoms with Gasteiger partial charge in [0.2, 0.25) is 0 Å². The van der Waals surface area contributed by atoms with Crippen molar-refractivity contribution in [1.82, 2.24) is 0 Å². The van der Waals surface area contributed by atoms with Gasteiger partial charge in [0.05, 0.1) is 13.2 Å². The predicted octanol–water partition coefficient (Wildman–Crippen LogP) is -0.257. The molecule has 0 rings (SSSR count). The fourth-order valence-corrected chi connectivity index (χ4v) is 0. The Labute approximate surface area is 95.5 Å². The van der Waals surface area contributed by atoms with Crippen LogP contribution in [0.3, 0.4) is 0 Å². The summed E-state index contributed by atoms with van der Waals surface area (Å²) in [4.78, 5) is 0. The van der Waals surface area contributed by atoms with Crippen LogP contribution in [0.5, 0.6) is 0 Å². The minimum absolute atomic E-state index is 0. The predicted molar refractivity (Wildman–Crippen MR) is 48.9 cm³/mol. The first-order chi connectivity index (χ1) is 5.38. The molecule has 4 N–H and O–H groups in total. The molecule has 0 aliphatic carbocycles. The molecule has 0 radical (unpaired) electrons. The summed E-state index contributed by atoms with van der Waals surface area (Å²) in [5, 5.41) is 31.4. The quantitative estimate of drug-likeness (QED) is 0.468. The molecule has 0 amide bonds. The van der Waals surface area contributed by atoms with Crippen LogP contribution >= 0.6 is 0 Å². The van der Waals surface area contributed by atoms with E-state index in [-0.39, 0.29) is 47.1 Å². The first-order valence-corrected chi connectivity index (χ1v) is 3.96. The topological polar surface area (TPSA) is 80.9 Å². The molecule has 82 valence electrons. The number of rotatable bonds is 1. The van der Waals surface area contributed by atoms with E-state index in [4.69, 9.17) is 20.4 Å². The fraction of sp³-hybridized carbons (Fsp3) is 1.00. The number of hydrogen-bond acceptors (Lipinski definition) is 4. The summed E-state index contributed by atoms with van der Waals surface area (Å²) in [6.45, 7) is 6.64. The second-order valence-electron chi connectivity index (χ2n) is 2.63. The second-order valence-corrected chi connectivity index (χ2v) is 2.63. The standard InChI is InChI=1S/2C3H8O.C2H6O2.Ti/c2*1-3(2)4;3-1-2-4;/h2*3-4H,1-2H3;3-4H,1-2H2;. The Morgan fingerprint density at radius 2 is 0.846 bits per heavy atom. The van der Waals surface area contributed by atoms with Gasteiger partial charge in [0.25, 0.3) is 0 Å². The number of aliphatic hydroxyl groups excluding tert-OH is 4. The van der Waals surface area contributed by atoms with Gasteiger partial charge in [-0.25, -0.2) is 0 Å². The molecule has 0 saturated heterocycles. The normalized spacial score (nSPS) is 7.85. The average molecular weight is 230 g/mol. The summed E-state index contributed by atoms with van der Waals surface area (Å²) in [5.41, 5.74) is 0. The molecule has 0 bridgehead atoms. The van der Waals surface area contributed by atoms with Crippen molar-refractivity contribution in [2.75, 3.05) is 13.2 Å². The zero-order valence-corrected chi connectivity index (χ0v) is 10.4. The number of aliphatic hydroxyl groups is 4. The van der Waals surface area contributed by atoms with Crippen LogP contribution in [0.4, 0.5) is 0 Å². The van der Waals surface area contributed by atoms with Crippen LogP contribution in [0.25, 0.3) is 0 Å². The van der Waals surface area contributed by atoms with E-state index in [1.807, 2.05) is 0 Å². The summed E-state index contributed by atoms with van der Waals surface area (Å²) in [7, 11) is 0. The van der Waals surface area contributed by atoms with E-state index in [9.17, 15) is 0 Å². The average Bonchev–Trinajstić information content (AvgIpc) is 1.85. The molecule has 0 aliphatic heterocycles. The van der Waals surface area contributed by atoms with Crippen LogP contribution < -0.4 is 0 Å². The molecule has 5 heteroatoms. The first-order valence-electron chi connectivity index (χ1n) is 3.96. The van der Waals surface area contributed by atoms with E-state index >= 15 is 0 Å². The van der Waals surface area contributed by atoms with Crippen LogP contribution in [0.1, 0.15) is 27.7 Å². The van der Waals surface area contributed by atoms with Crippen LogP contribution in [0.15, 0.2) is 0 Å². The van der Waals surface area contributed by atoms with E-state index in [1.165, 1.54) is 0 Å². The fourth-order valence-electron chi connectivity index (χ4n) is 0. The van der Waals surface area contributed by atoms with Gasteiger partial charge in [-0.1, -0.05) is 0 Å². The van der Waals surface area contributed by atoms with Crippen molar-refractivity contribution in [2.45, 2.75) is 39.9 Å². The third kappa shape index (κ3) is 579. The van der Waals surface area contributed by atoms with Crippen molar-refractivity contribution in [3.63, 3.8) is 0 Å². The zero-order valence-electron chi connectivity index (χ0n) is 8.86. The van der Waals surface area contributed by atoms with Crippen molar-refractivity contribution < 1.29 is 42.1 Å². The van der Waals surface area contributed by atoms with Crippen LogP contribution in [-0.2, 0) is 21.7 Å². The Morgan fingerprint density at radius 3 is 0.846 bits per heavy atom.